The minimum Gasteiger partial charge on any atom is -0.489 e. The SMILES string of the molecule is CC(C)(C)OC(=O)NC1(c2ccc3c(I)c(O[C@H]4CC[C@H](C(C)(C)C)CC4)ccc3c2)COC(C)(C)OC1. The van der Waals surface area contributed by atoms with Gasteiger partial charge in [0.25, 0.3) is 0 Å². The summed E-state index contributed by atoms with van der Waals surface area (Å²) in [5, 5.41) is 5.26. The van der Waals surface area contributed by atoms with E-state index in [9.17, 15) is 4.79 Å². The second kappa shape index (κ2) is 10.8. The molecule has 1 N–H and O–H groups in total. The predicted octanol–water partition coefficient (Wildman–Crippen LogP) is 7.93. The Morgan fingerprint density at radius 2 is 1.61 bits per heavy atom. The standard InChI is InChI=1S/C31H44INO5/c1-28(2,3)21-10-13-23(14-11-21)37-25-16-9-20-17-22(12-15-24(20)26(25)32)31(18-35-30(7,8)36-19-31)33-27(34)38-29(4,5)6/h9,12,15-17,21,23H,10-11,13-14,18-19H2,1-8H3,(H,33,34)/t21-,23-. The van der Waals surface area contributed by atoms with Gasteiger partial charge in [-0.3, -0.25) is 0 Å². The molecule has 210 valence electrons. The Kier molecular flexibility index (Phi) is 8.33. The van der Waals surface area contributed by atoms with Crippen LogP contribution in [0, 0.1) is 14.9 Å². The molecular weight excluding hydrogens is 593 g/mol. The topological polar surface area (TPSA) is 66.0 Å². The van der Waals surface area contributed by atoms with Crippen molar-refractivity contribution < 1.29 is 23.7 Å². The summed E-state index contributed by atoms with van der Waals surface area (Å²) < 4.78 is 25.3. The third-order valence-electron chi connectivity index (χ3n) is 7.74. The highest BCUT2D eigenvalue weighted by molar-refractivity contribution is 14.1. The Balaban J connectivity index is 1.56. The Bertz CT molecular complexity index is 1150. The van der Waals surface area contributed by atoms with Crippen LogP contribution in [0.3, 0.4) is 0 Å². The minimum atomic E-state index is -0.863. The first-order valence-electron chi connectivity index (χ1n) is 13.8. The van der Waals surface area contributed by atoms with E-state index in [0.29, 0.717) is 5.41 Å². The largest absolute Gasteiger partial charge is 0.489 e. The monoisotopic (exact) mass is 637 g/mol. The van der Waals surface area contributed by atoms with Gasteiger partial charge in [-0.05, 0) is 123 Å². The third-order valence-corrected chi connectivity index (χ3v) is 8.85. The molecule has 0 aromatic heterocycles. The second-order valence-corrected chi connectivity index (χ2v) is 14.5. The highest BCUT2D eigenvalue weighted by Gasteiger charge is 2.44. The van der Waals surface area contributed by atoms with Gasteiger partial charge in [0.1, 0.15) is 16.9 Å². The van der Waals surface area contributed by atoms with Crippen molar-refractivity contribution in [3.63, 3.8) is 0 Å². The van der Waals surface area contributed by atoms with Crippen molar-refractivity contribution in [2.24, 2.45) is 11.3 Å². The number of hydrogen-bond acceptors (Lipinski definition) is 5. The van der Waals surface area contributed by atoms with Crippen LogP contribution < -0.4 is 10.1 Å². The van der Waals surface area contributed by atoms with Gasteiger partial charge in [0, 0.05) is 0 Å². The molecule has 1 amide bonds. The Morgan fingerprint density at radius 3 is 2.18 bits per heavy atom. The number of hydrogen-bond donors (Lipinski definition) is 1. The molecule has 0 bridgehead atoms. The number of carbonyl (C=O) groups excluding carboxylic acids is 1. The summed E-state index contributed by atoms with van der Waals surface area (Å²) in [5.74, 6) is 0.984. The molecule has 0 unspecified atom stereocenters. The van der Waals surface area contributed by atoms with E-state index in [-0.39, 0.29) is 19.3 Å². The number of amides is 1. The first-order chi connectivity index (χ1) is 17.6. The molecule has 1 heterocycles. The van der Waals surface area contributed by atoms with E-state index in [1.807, 2.05) is 40.7 Å². The second-order valence-electron chi connectivity index (χ2n) is 13.5. The summed E-state index contributed by atoms with van der Waals surface area (Å²) in [5.41, 5.74) is -0.197. The highest BCUT2D eigenvalue weighted by Crippen LogP contribution is 2.40. The van der Waals surface area contributed by atoms with E-state index in [4.69, 9.17) is 18.9 Å². The van der Waals surface area contributed by atoms with Crippen molar-refractivity contribution in [2.75, 3.05) is 13.2 Å². The van der Waals surface area contributed by atoms with E-state index < -0.39 is 23.0 Å². The van der Waals surface area contributed by atoms with Crippen LogP contribution in [0.1, 0.15) is 86.6 Å². The van der Waals surface area contributed by atoms with Gasteiger partial charge in [0.15, 0.2) is 5.79 Å². The van der Waals surface area contributed by atoms with Gasteiger partial charge in [-0.1, -0.05) is 39.0 Å². The first kappa shape index (κ1) is 29.4. The maximum atomic E-state index is 12.8. The summed E-state index contributed by atoms with van der Waals surface area (Å²) in [4.78, 5) is 12.8. The van der Waals surface area contributed by atoms with Crippen LogP contribution in [-0.4, -0.2) is 36.8 Å². The lowest BCUT2D eigenvalue weighted by molar-refractivity contribution is -0.272. The molecule has 7 heteroatoms. The minimum absolute atomic E-state index is 0.264. The fourth-order valence-corrected chi connectivity index (χ4v) is 6.17. The van der Waals surface area contributed by atoms with Crippen LogP contribution in [0.2, 0.25) is 0 Å². The molecule has 4 rings (SSSR count). The smallest absolute Gasteiger partial charge is 0.408 e. The maximum Gasteiger partial charge on any atom is 0.408 e. The normalized spacial score (nSPS) is 23.6. The van der Waals surface area contributed by atoms with E-state index in [1.165, 1.54) is 12.8 Å². The fraction of sp³-hybridized carbons (Fsp3) is 0.645. The van der Waals surface area contributed by atoms with Crippen molar-refractivity contribution in [3.05, 3.63) is 39.5 Å². The van der Waals surface area contributed by atoms with Gasteiger partial charge in [-0.25, -0.2) is 4.79 Å². The number of fused-ring (bicyclic) bond motifs is 1. The summed E-state index contributed by atoms with van der Waals surface area (Å²) in [6, 6.07) is 10.4. The summed E-state index contributed by atoms with van der Waals surface area (Å²) in [6.45, 7) is 16.9. The molecule has 1 aliphatic heterocycles. The average Bonchev–Trinajstić information content (AvgIpc) is 2.81. The van der Waals surface area contributed by atoms with Crippen LogP contribution in [-0.2, 0) is 19.7 Å². The Hall–Kier alpha value is -1.58. The van der Waals surface area contributed by atoms with Gasteiger partial charge in [-0.2, -0.15) is 0 Å². The molecule has 0 spiro atoms. The molecule has 0 radical (unpaired) electrons. The number of carbonyl (C=O) groups is 1. The van der Waals surface area contributed by atoms with E-state index in [0.717, 1.165) is 44.4 Å². The molecule has 1 saturated carbocycles. The number of ether oxygens (including phenoxy) is 4. The zero-order valence-electron chi connectivity index (χ0n) is 24.2. The number of nitrogens with one attached hydrogen (secondary N) is 1. The molecule has 38 heavy (non-hydrogen) atoms. The summed E-state index contributed by atoms with van der Waals surface area (Å²) in [7, 11) is 0. The lowest BCUT2D eigenvalue weighted by Gasteiger charge is -2.44. The van der Waals surface area contributed by atoms with E-state index in [1.54, 1.807) is 0 Å². The van der Waals surface area contributed by atoms with Crippen molar-refractivity contribution in [3.8, 4) is 5.75 Å². The van der Waals surface area contributed by atoms with Crippen LogP contribution in [0.15, 0.2) is 30.3 Å². The van der Waals surface area contributed by atoms with Gasteiger partial charge < -0.3 is 24.3 Å². The van der Waals surface area contributed by atoms with E-state index >= 15 is 0 Å². The van der Waals surface area contributed by atoms with Crippen molar-refractivity contribution in [1.29, 1.82) is 0 Å². The summed E-state index contributed by atoms with van der Waals surface area (Å²) >= 11 is 2.40. The molecule has 6 nitrogen and oxygen atoms in total. The molecule has 0 atom stereocenters. The van der Waals surface area contributed by atoms with Crippen LogP contribution in [0.4, 0.5) is 4.79 Å². The number of halogens is 1. The zero-order chi connectivity index (χ0) is 27.9. The quantitative estimate of drug-likeness (QED) is 0.345. The third kappa shape index (κ3) is 6.94. The Morgan fingerprint density at radius 1 is 0.974 bits per heavy atom. The summed E-state index contributed by atoms with van der Waals surface area (Å²) in [6.07, 6.45) is 4.41. The highest BCUT2D eigenvalue weighted by atomic mass is 127. The van der Waals surface area contributed by atoms with Gasteiger partial charge >= 0.3 is 6.09 Å². The van der Waals surface area contributed by atoms with Crippen LogP contribution in [0.5, 0.6) is 5.75 Å². The Labute approximate surface area is 241 Å². The van der Waals surface area contributed by atoms with Crippen LogP contribution in [0.25, 0.3) is 10.8 Å². The van der Waals surface area contributed by atoms with Crippen LogP contribution >= 0.6 is 22.6 Å². The number of benzene rings is 2. The number of alkyl carbamates (subject to hydrolysis) is 1. The van der Waals surface area contributed by atoms with Crippen molar-refractivity contribution in [2.45, 2.75) is 104 Å². The van der Waals surface area contributed by atoms with Crippen molar-refractivity contribution in [1.82, 2.24) is 5.32 Å². The molecule has 2 aromatic carbocycles. The van der Waals surface area contributed by atoms with Gasteiger partial charge in [0.05, 0.1) is 22.9 Å². The maximum absolute atomic E-state index is 12.8. The number of rotatable bonds is 4. The molecular formula is C31H44INO5. The van der Waals surface area contributed by atoms with Gasteiger partial charge in [0.2, 0.25) is 0 Å². The fourth-order valence-electron chi connectivity index (χ4n) is 5.37. The predicted molar refractivity (Wildman–Crippen MR) is 160 cm³/mol. The molecule has 2 aliphatic rings. The molecule has 2 fully saturated rings. The lowest BCUT2D eigenvalue weighted by Crippen LogP contribution is -2.59. The zero-order valence-corrected chi connectivity index (χ0v) is 26.4. The molecule has 1 saturated heterocycles. The van der Waals surface area contributed by atoms with E-state index in [2.05, 4.69) is 72.9 Å². The average molecular weight is 638 g/mol. The molecule has 2 aromatic rings. The first-order valence-corrected chi connectivity index (χ1v) is 14.8. The van der Waals surface area contributed by atoms with Crippen molar-refractivity contribution >= 4 is 39.5 Å². The molecule has 1 aliphatic carbocycles. The lowest BCUT2D eigenvalue weighted by atomic mass is 9.72. The van der Waals surface area contributed by atoms with Gasteiger partial charge in [-0.15, -0.1) is 0 Å².